The van der Waals surface area contributed by atoms with Crippen molar-refractivity contribution in [3.63, 3.8) is 0 Å². The van der Waals surface area contributed by atoms with Crippen molar-refractivity contribution >= 4 is 29.2 Å². The molecular formula is C13H14Cl2N4. The summed E-state index contributed by atoms with van der Waals surface area (Å²) in [4.78, 5) is 12.8. The predicted octanol–water partition coefficient (Wildman–Crippen LogP) is 3.73. The number of hydrogen-bond acceptors (Lipinski definition) is 4. The molecule has 1 aromatic carbocycles. The molecule has 0 aliphatic carbocycles. The minimum absolute atomic E-state index is 0.195. The lowest BCUT2D eigenvalue weighted by Gasteiger charge is -2.17. The van der Waals surface area contributed by atoms with Gasteiger partial charge in [-0.25, -0.2) is 4.98 Å². The van der Waals surface area contributed by atoms with Crippen molar-refractivity contribution in [2.75, 3.05) is 5.73 Å². The van der Waals surface area contributed by atoms with E-state index in [0.717, 1.165) is 5.56 Å². The summed E-state index contributed by atoms with van der Waals surface area (Å²) in [7, 11) is 0. The highest BCUT2D eigenvalue weighted by Crippen LogP contribution is 2.28. The highest BCUT2D eigenvalue weighted by molar-refractivity contribution is 6.42. The van der Waals surface area contributed by atoms with Gasteiger partial charge in [-0.2, -0.15) is 9.97 Å². The molecule has 0 aliphatic rings. The lowest BCUT2D eigenvalue weighted by Crippen LogP contribution is -2.18. The second-order valence-electron chi connectivity index (χ2n) is 5.22. The number of halogens is 2. The fraction of sp³-hybridized carbons (Fsp3) is 0.308. The van der Waals surface area contributed by atoms with E-state index in [1.807, 2.05) is 20.8 Å². The smallest absolute Gasteiger partial charge is 0.223 e. The van der Waals surface area contributed by atoms with Gasteiger partial charge in [0.2, 0.25) is 5.95 Å². The van der Waals surface area contributed by atoms with Gasteiger partial charge in [0.15, 0.2) is 5.82 Å². The minimum Gasteiger partial charge on any atom is -0.368 e. The van der Waals surface area contributed by atoms with Crippen molar-refractivity contribution in [1.29, 1.82) is 0 Å². The third kappa shape index (κ3) is 3.14. The number of aromatic nitrogens is 3. The van der Waals surface area contributed by atoms with Crippen LogP contribution in [0, 0.1) is 0 Å². The Labute approximate surface area is 122 Å². The maximum Gasteiger partial charge on any atom is 0.223 e. The average molecular weight is 297 g/mol. The van der Waals surface area contributed by atoms with Crippen molar-refractivity contribution in [3.05, 3.63) is 34.1 Å². The molecule has 2 N–H and O–H groups in total. The third-order valence-electron chi connectivity index (χ3n) is 2.50. The summed E-state index contributed by atoms with van der Waals surface area (Å²) in [5.74, 6) is 1.33. The standard InChI is InChI=1S/C13H14Cl2N4/c1-13(2,3)11-17-10(18-12(16)19-11)7-4-5-8(14)9(15)6-7/h4-6H,1-3H3,(H2,16,17,18,19). The predicted molar refractivity (Wildman–Crippen MR) is 78.4 cm³/mol. The molecule has 0 saturated carbocycles. The molecule has 0 fully saturated rings. The van der Waals surface area contributed by atoms with E-state index in [-0.39, 0.29) is 11.4 Å². The zero-order chi connectivity index (χ0) is 14.2. The summed E-state index contributed by atoms with van der Waals surface area (Å²) in [6, 6.07) is 5.22. The van der Waals surface area contributed by atoms with Gasteiger partial charge in [0.1, 0.15) is 5.82 Å². The van der Waals surface area contributed by atoms with Crippen LogP contribution in [-0.4, -0.2) is 15.0 Å². The first-order valence-electron chi connectivity index (χ1n) is 5.75. The molecule has 2 rings (SSSR count). The number of benzene rings is 1. The van der Waals surface area contributed by atoms with Crippen LogP contribution in [0.5, 0.6) is 0 Å². The Kier molecular flexibility index (Phi) is 3.65. The third-order valence-corrected chi connectivity index (χ3v) is 3.24. The molecule has 0 atom stereocenters. The van der Waals surface area contributed by atoms with Crippen molar-refractivity contribution < 1.29 is 0 Å². The van der Waals surface area contributed by atoms with E-state index in [0.29, 0.717) is 21.7 Å². The SMILES string of the molecule is CC(C)(C)c1nc(N)nc(-c2ccc(Cl)c(Cl)c2)n1. The number of nitrogens with zero attached hydrogens (tertiary/aromatic N) is 3. The first-order chi connectivity index (χ1) is 8.77. The second kappa shape index (κ2) is 4.94. The van der Waals surface area contributed by atoms with E-state index in [1.54, 1.807) is 18.2 Å². The Hall–Kier alpha value is -1.39. The molecule has 0 aliphatic heterocycles. The van der Waals surface area contributed by atoms with Crippen LogP contribution in [0.25, 0.3) is 11.4 Å². The highest BCUT2D eigenvalue weighted by atomic mass is 35.5. The van der Waals surface area contributed by atoms with Crippen LogP contribution in [-0.2, 0) is 5.41 Å². The van der Waals surface area contributed by atoms with Gasteiger partial charge in [-0.3, -0.25) is 0 Å². The van der Waals surface area contributed by atoms with Crippen molar-refractivity contribution in [2.45, 2.75) is 26.2 Å². The first-order valence-corrected chi connectivity index (χ1v) is 6.50. The van der Waals surface area contributed by atoms with Crippen LogP contribution in [0.3, 0.4) is 0 Å². The summed E-state index contributed by atoms with van der Waals surface area (Å²) < 4.78 is 0. The molecule has 0 saturated heterocycles. The maximum atomic E-state index is 6.00. The molecule has 19 heavy (non-hydrogen) atoms. The van der Waals surface area contributed by atoms with Crippen LogP contribution in [0.1, 0.15) is 26.6 Å². The van der Waals surface area contributed by atoms with E-state index in [9.17, 15) is 0 Å². The van der Waals surface area contributed by atoms with E-state index in [1.165, 1.54) is 0 Å². The van der Waals surface area contributed by atoms with Crippen LogP contribution in [0.15, 0.2) is 18.2 Å². The quantitative estimate of drug-likeness (QED) is 0.871. The van der Waals surface area contributed by atoms with Crippen molar-refractivity contribution in [2.24, 2.45) is 0 Å². The zero-order valence-corrected chi connectivity index (χ0v) is 12.4. The van der Waals surface area contributed by atoms with Gasteiger partial charge in [0, 0.05) is 11.0 Å². The molecular weight excluding hydrogens is 283 g/mol. The second-order valence-corrected chi connectivity index (χ2v) is 6.03. The van der Waals surface area contributed by atoms with E-state index < -0.39 is 0 Å². The summed E-state index contributed by atoms with van der Waals surface area (Å²) in [6.45, 7) is 6.04. The lowest BCUT2D eigenvalue weighted by molar-refractivity contribution is 0.544. The number of nitrogens with two attached hydrogens (primary N) is 1. The number of rotatable bonds is 1. The Morgan fingerprint density at radius 1 is 1.00 bits per heavy atom. The molecule has 0 radical (unpaired) electrons. The van der Waals surface area contributed by atoms with Gasteiger partial charge in [0.05, 0.1) is 10.0 Å². The minimum atomic E-state index is -0.206. The molecule has 0 unspecified atom stereocenters. The Morgan fingerprint density at radius 3 is 2.26 bits per heavy atom. The monoisotopic (exact) mass is 296 g/mol. The van der Waals surface area contributed by atoms with E-state index in [2.05, 4.69) is 15.0 Å². The van der Waals surface area contributed by atoms with Gasteiger partial charge in [-0.1, -0.05) is 44.0 Å². The van der Waals surface area contributed by atoms with Gasteiger partial charge in [-0.15, -0.1) is 0 Å². The molecule has 2 aromatic rings. The molecule has 100 valence electrons. The van der Waals surface area contributed by atoms with E-state index in [4.69, 9.17) is 28.9 Å². The van der Waals surface area contributed by atoms with Gasteiger partial charge in [-0.05, 0) is 18.2 Å². The lowest BCUT2D eigenvalue weighted by atomic mass is 9.96. The number of hydrogen-bond donors (Lipinski definition) is 1. The number of nitrogen functional groups attached to an aromatic ring is 1. The van der Waals surface area contributed by atoms with Gasteiger partial charge >= 0.3 is 0 Å². The summed E-state index contributed by atoms with van der Waals surface area (Å²) in [5, 5.41) is 0.943. The summed E-state index contributed by atoms with van der Waals surface area (Å²) in [5.41, 5.74) is 6.29. The van der Waals surface area contributed by atoms with Crippen molar-refractivity contribution in [3.8, 4) is 11.4 Å². The van der Waals surface area contributed by atoms with Crippen LogP contribution >= 0.6 is 23.2 Å². The molecule has 4 nitrogen and oxygen atoms in total. The normalized spacial score (nSPS) is 11.6. The largest absolute Gasteiger partial charge is 0.368 e. The first kappa shape index (κ1) is 14.0. The topological polar surface area (TPSA) is 64.7 Å². The van der Waals surface area contributed by atoms with E-state index >= 15 is 0 Å². The van der Waals surface area contributed by atoms with Gasteiger partial charge in [0.25, 0.3) is 0 Å². The fourth-order valence-corrected chi connectivity index (χ4v) is 1.79. The van der Waals surface area contributed by atoms with Crippen molar-refractivity contribution in [1.82, 2.24) is 15.0 Å². The average Bonchev–Trinajstić information content (AvgIpc) is 2.31. The summed E-state index contributed by atoms with van der Waals surface area (Å²) in [6.07, 6.45) is 0. The van der Waals surface area contributed by atoms with Gasteiger partial charge < -0.3 is 5.73 Å². The molecule has 0 bridgehead atoms. The highest BCUT2D eigenvalue weighted by Gasteiger charge is 2.20. The molecule has 1 aromatic heterocycles. The van der Waals surface area contributed by atoms with Crippen LogP contribution < -0.4 is 5.73 Å². The molecule has 1 heterocycles. The maximum absolute atomic E-state index is 6.00. The Balaban J connectivity index is 2.56. The Bertz CT molecular complexity index is 621. The van der Waals surface area contributed by atoms with Crippen LogP contribution in [0.4, 0.5) is 5.95 Å². The summed E-state index contributed by atoms with van der Waals surface area (Å²) >= 11 is 11.9. The molecule has 6 heteroatoms. The Morgan fingerprint density at radius 2 is 1.68 bits per heavy atom. The molecule has 0 amide bonds. The zero-order valence-electron chi connectivity index (χ0n) is 10.9. The fourth-order valence-electron chi connectivity index (χ4n) is 1.49. The number of anilines is 1. The van der Waals surface area contributed by atoms with Crippen LogP contribution in [0.2, 0.25) is 10.0 Å². The molecule has 0 spiro atoms.